The second kappa shape index (κ2) is 5.24. The highest BCUT2D eigenvalue weighted by atomic mass is 16.5. The highest BCUT2D eigenvalue weighted by molar-refractivity contribution is 5.09. The van der Waals surface area contributed by atoms with Crippen molar-refractivity contribution in [3.8, 4) is 0 Å². The van der Waals surface area contributed by atoms with Gasteiger partial charge in [0.2, 0.25) is 0 Å². The van der Waals surface area contributed by atoms with Crippen LogP contribution in [0.25, 0.3) is 0 Å². The van der Waals surface area contributed by atoms with Gasteiger partial charge in [-0.1, -0.05) is 0 Å². The largest absolute Gasteiger partial charge is 0.374 e. The summed E-state index contributed by atoms with van der Waals surface area (Å²) < 4.78 is 5.79. The molecule has 0 bridgehead atoms. The summed E-state index contributed by atoms with van der Waals surface area (Å²) in [6.07, 6.45) is 8.84. The van der Waals surface area contributed by atoms with Gasteiger partial charge in [-0.3, -0.25) is 4.98 Å². The van der Waals surface area contributed by atoms with E-state index in [0.29, 0.717) is 18.8 Å². The Balaban J connectivity index is 1.75. The minimum atomic E-state index is 0.299. The first-order valence-electron chi connectivity index (χ1n) is 5.63. The van der Waals surface area contributed by atoms with Crippen molar-refractivity contribution in [2.24, 2.45) is 5.73 Å². The van der Waals surface area contributed by atoms with E-state index < -0.39 is 0 Å². The van der Waals surface area contributed by atoms with E-state index in [9.17, 15) is 0 Å². The Bertz CT molecular complexity index is 289. The zero-order chi connectivity index (χ0) is 10.5. The number of pyridine rings is 1. The van der Waals surface area contributed by atoms with Gasteiger partial charge in [-0.15, -0.1) is 0 Å². The minimum absolute atomic E-state index is 0.299. The van der Waals surface area contributed by atoms with Crippen molar-refractivity contribution >= 4 is 0 Å². The van der Waals surface area contributed by atoms with Crippen LogP contribution in [0.2, 0.25) is 0 Å². The summed E-state index contributed by atoms with van der Waals surface area (Å²) in [5.74, 6) is 0. The van der Waals surface area contributed by atoms with Crippen LogP contribution in [0.15, 0.2) is 24.5 Å². The summed E-state index contributed by atoms with van der Waals surface area (Å²) in [7, 11) is 0. The zero-order valence-corrected chi connectivity index (χ0v) is 8.93. The summed E-state index contributed by atoms with van der Waals surface area (Å²) in [6.45, 7) is 0.658. The van der Waals surface area contributed by atoms with Crippen molar-refractivity contribution in [3.05, 3.63) is 30.1 Å². The quantitative estimate of drug-likeness (QED) is 0.812. The highest BCUT2D eigenvalue weighted by Gasteiger charge is 2.23. The molecule has 0 amide bonds. The SMILES string of the molecule is NCC1CCC(CCc2ccncc2)O1. The Morgan fingerprint density at radius 1 is 1.27 bits per heavy atom. The van der Waals surface area contributed by atoms with Crippen molar-refractivity contribution in [2.75, 3.05) is 6.54 Å². The lowest BCUT2D eigenvalue weighted by Gasteiger charge is -2.11. The van der Waals surface area contributed by atoms with Crippen LogP contribution in [-0.4, -0.2) is 23.7 Å². The van der Waals surface area contributed by atoms with E-state index in [1.807, 2.05) is 12.4 Å². The number of hydrogen-bond donors (Lipinski definition) is 1. The molecule has 0 aliphatic carbocycles. The third kappa shape index (κ3) is 3.01. The number of ether oxygens (including phenoxy) is 1. The maximum atomic E-state index is 5.79. The van der Waals surface area contributed by atoms with Crippen LogP contribution in [0, 0.1) is 0 Å². The Labute approximate surface area is 90.7 Å². The van der Waals surface area contributed by atoms with Gasteiger partial charge in [0.15, 0.2) is 0 Å². The van der Waals surface area contributed by atoms with Crippen LogP contribution in [0.3, 0.4) is 0 Å². The van der Waals surface area contributed by atoms with E-state index in [0.717, 1.165) is 25.7 Å². The number of nitrogens with zero attached hydrogens (tertiary/aromatic N) is 1. The van der Waals surface area contributed by atoms with Crippen molar-refractivity contribution < 1.29 is 4.74 Å². The van der Waals surface area contributed by atoms with Gasteiger partial charge >= 0.3 is 0 Å². The van der Waals surface area contributed by atoms with Gasteiger partial charge in [0.1, 0.15) is 0 Å². The van der Waals surface area contributed by atoms with Gasteiger partial charge < -0.3 is 10.5 Å². The average molecular weight is 206 g/mol. The predicted octanol–water partition coefficient (Wildman–Crippen LogP) is 1.52. The average Bonchev–Trinajstić information content (AvgIpc) is 2.76. The van der Waals surface area contributed by atoms with Crippen molar-refractivity contribution in [2.45, 2.75) is 37.9 Å². The Morgan fingerprint density at radius 3 is 2.67 bits per heavy atom. The molecule has 0 spiro atoms. The second-order valence-corrected chi connectivity index (χ2v) is 4.09. The third-order valence-electron chi connectivity index (χ3n) is 2.96. The summed E-state index contributed by atoms with van der Waals surface area (Å²) in [4.78, 5) is 4.00. The number of aryl methyl sites for hydroxylation is 1. The first kappa shape index (κ1) is 10.6. The smallest absolute Gasteiger partial charge is 0.0702 e. The lowest BCUT2D eigenvalue weighted by atomic mass is 10.1. The molecule has 2 atom stereocenters. The van der Waals surface area contributed by atoms with Gasteiger partial charge in [-0.25, -0.2) is 0 Å². The third-order valence-corrected chi connectivity index (χ3v) is 2.96. The Kier molecular flexibility index (Phi) is 3.69. The minimum Gasteiger partial charge on any atom is -0.374 e. The molecule has 0 aromatic carbocycles. The van der Waals surface area contributed by atoms with Gasteiger partial charge in [-0.2, -0.15) is 0 Å². The number of hydrogen-bond acceptors (Lipinski definition) is 3. The predicted molar refractivity (Wildman–Crippen MR) is 59.5 cm³/mol. The summed E-state index contributed by atoms with van der Waals surface area (Å²) in [5.41, 5.74) is 6.91. The van der Waals surface area contributed by atoms with Crippen LogP contribution in [0.1, 0.15) is 24.8 Å². The number of aromatic nitrogens is 1. The van der Waals surface area contributed by atoms with E-state index in [1.54, 1.807) is 0 Å². The Hall–Kier alpha value is -0.930. The molecule has 0 saturated carbocycles. The fraction of sp³-hybridized carbons (Fsp3) is 0.583. The second-order valence-electron chi connectivity index (χ2n) is 4.09. The topological polar surface area (TPSA) is 48.1 Å². The van der Waals surface area contributed by atoms with Gasteiger partial charge in [-0.05, 0) is 43.4 Å². The molecular weight excluding hydrogens is 188 g/mol. The lowest BCUT2D eigenvalue weighted by Crippen LogP contribution is -2.20. The molecular formula is C12H18N2O. The molecule has 1 aliphatic heterocycles. The van der Waals surface area contributed by atoms with Crippen molar-refractivity contribution in [1.82, 2.24) is 4.98 Å². The molecule has 15 heavy (non-hydrogen) atoms. The molecule has 1 aromatic heterocycles. The first-order valence-corrected chi connectivity index (χ1v) is 5.63. The zero-order valence-electron chi connectivity index (χ0n) is 8.93. The van der Waals surface area contributed by atoms with E-state index in [4.69, 9.17) is 10.5 Å². The monoisotopic (exact) mass is 206 g/mol. The van der Waals surface area contributed by atoms with Crippen LogP contribution in [0.4, 0.5) is 0 Å². The molecule has 1 saturated heterocycles. The summed E-state index contributed by atoms with van der Waals surface area (Å²) >= 11 is 0. The molecule has 3 nitrogen and oxygen atoms in total. The van der Waals surface area contributed by atoms with Crippen molar-refractivity contribution in [1.29, 1.82) is 0 Å². The first-order chi connectivity index (χ1) is 7.38. The molecule has 2 rings (SSSR count). The van der Waals surface area contributed by atoms with Crippen LogP contribution in [0.5, 0.6) is 0 Å². The molecule has 3 heteroatoms. The van der Waals surface area contributed by atoms with Crippen LogP contribution in [-0.2, 0) is 11.2 Å². The molecule has 1 fully saturated rings. The maximum Gasteiger partial charge on any atom is 0.0702 e. The molecule has 82 valence electrons. The summed E-state index contributed by atoms with van der Waals surface area (Å²) in [6, 6.07) is 4.13. The lowest BCUT2D eigenvalue weighted by molar-refractivity contribution is 0.0458. The van der Waals surface area contributed by atoms with E-state index in [-0.39, 0.29) is 0 Å². The van der Waals surface area contributed by atoms with Gasteiger partial charge in [0.05, 0.1) is 12.2 Å². The molecule has 1 aliphatic rings. The molecule has 2 N–H and O–H groups in total. The highest BCUT2D eigenvalue weighted by Crippen LogP contribution is 2.22. The number of nitrogens with two attached hydrogens (primary N) is 1. The fourth-order valence-corrected chi connectivity index (χ4v) is 2.04. The number of rotatable bonds is 4. The van der Waals surface area contributed by atoms with Crippen LogP contribution >= 0.6 is 0 Å². The fourth-order valence-electron chi connectivity index (χ4n) is 2.04. The molecule has 2 heterocycles. The normalized spacial score (nSPS) is 25.7. The summed E-state index contributed by atoms with van der Waals surface area (Å²) in [5, 5.41) is 0. The molecule has 1 aromatic rings. The maximum absolute atomic E-state index is 5.79. The Morgan fingerprint density at radius 2 is 2.00 bits per heavy atom. The van der Waals surface area contributed by atoms with Gasteiger partial charge in [0, 0.05) is 18.9 Å². The van der Waals surface area contributed by atoms with E-state index >= 15 is 0 Å². The molecule has 2 unspecified atom stereocenters. The van der Waals surface area contributed by atoms with Gasteiger partial charge in [0.25, 0.3) is 0 Å². The van der Waals surface area contributed by atoms with E-state index in [2.05, 4.69) is 17.1 Å². The standard InChI is InChI=1S/C12H18N2O/c13-9-12-4-3-11(15-12)2-1-10-5-7-14-8-6-10/h5-8,11-12H,1-4,9,13H2. The van der Waals surface area contributed by atoms with Crippen molar-refractivity contribution in [3.63, 3.8) is 0 Å². The van der Waals surface area contributed by atoms with Crippen LogP contribution < -0.4 is 5.73 Å². The molecule has 0 radical (unpaired) electrons. The van der Waals surface area contributed by atoms with E-state index in [1.165, 1.54) is 5.56 Å².